The van der Waals surface area contributed by atoms with Gasteiger partial charge in [0.15, 0.2) is 0 Å². The van der Waals surface area contributed by atoms with E-state index in [-0.39, 0.29) is 5.91 Å². The van der Waals surface area contributed by atoms with E-state index in [1.165, 1.54) is 0 Å². The molecule has 1 saturated heterocycles. The lowest BCUT2D eigenvalue weighted by Gasteiger charge is -2.35. The van der Waals surface area contributed by atoms with Gasteiger partial charge in [0.05, 0.1) is 6.54 Å². The Morgan fingerprint density at radius 3 is 2.67 bits per heavy atom. The SMILES string of the molecule is CN(C)CCNCC(=O)N1CCN(c2ccccn2)CC1. The van der Waals surface area contributed by atoms with E-state index in [0.717, 1.165) is 45.1 Å². The second-order valence-electron chi connectivity index (χ2n) is 5.54. The lowest BCUT2D eigenvalue weighted by atomic mass is 10.3. The predicted octanol–water partition coefficient (Wildman–Crippen LogP) is -0.119. The molecule has 1 aromatic rings. The molecule has 1 amide bonds. The Balaban J connectivity index is 1.70. The number of nitrogens with zero attached hydrogens (tertiary/aromatic N) is 4. The molecule has 6 heteroatoms. The molecular formula is C15H25N5O. The summed E-state index contributed by atoms with van der Waals surface area (Å²) in [5.41, 5.74) is 0. The highest BCUT2D eigenvalue weighted by Gasteiger charge is 2.21. The van der Waals surface area contributed by atoms with Crippen molar-refractivity contribution in [2.45, 2.75) is 0 Å². The highest BCUT2D eigenvalue weighted by molar-refractivity contribution is 5.78. The molecule has 1 N–H and O–H groups in total. The van der Waals surface area contributed by atoms with E-state index in [2.05, 4.69) is 20.1 Å². The van der Waals surface area contributed by atoms with Crippen LogP contribution < -0.4 is 10.2 Å². The molecule has 0 unspecified atom stereocenters. The highest BCUT2D eigenvalue weighted by atomic mass is 16.2. The Labute approximate surface area is 126 Å². The van der Waals surface area contributed by atoms with Crippen molar-refractivity contribution in [2.24, 2.45) is 0 Å². The zero-order valence-corrected chi connectivity index (χ0v) is 13.0. The summed E-state index contributed by atoms with van der Waals surface area (Å²) in [5.74, 6) is 1.18. The first-order valence-corrected chi connectivity index (χ1v) is 7.46. The number of nitrogens with one attached hydrogen (secondary N) is 1. The van der Waals surface area contributed by atoms with Gasteiger partial charge in [-0.15, -0.1) is 0 Å². The summed E-state index contributed by atoms with van der Waals surface area (Å²) >= 11 is 0. The van der Waals surface area contributed by atoms with E-state index in [4.69, 9.17) is 0 Å². The molecule has 1 aromatic heterocycles. The molecule has 0 radical (unpaired) electrons. The smallest absolute Gasteiger partial charge is 0.236 e. The average molecular weight is 291 g/mol. The van der Waals surface area contributed by atoms with E-state index in [9.17, 15) is 4.79 Å². The first-order chi connectivity index (χ1) is 10.2. The normalized spacial score (nSPS) is 15.6. The minimum absolute atomic E-state index is 0.189. The number of pyridine rings is 1. The number of likely N-dealkylation sites (N-methyl/N-ethyl adjacent to an activating group) is 1. The van der Waals surface area contributed by atoms with Crippen LogP contribution in [0, 0.1) is 0 Å². The summed E-state index contributed by atoms with van der Waals surface area (Å²) in [6.07, 6.45) is 1.81. The molecule has 1 aliphatic heterocycles. The molecule has 2 heterocycles. The summed E-state index contributed by atoms with van der Waals surface area (Å²) in [7, 11) is 4.06. The van der Waals surface area contributed by atoms with Crippen LogP contribution in [0.2, 0.25) is 0 Å². The maximum absolute atomic E-state index is 12.1. The van der Waals surface area contributed by atoms with Gasteiger partial charge < -0.3 is 20.0 Å². The van der Waals surface area contributed by atoms with Crippen molar-refractivity contribution in [2.75, 3.05) is 64.8 Å². The van der Waals surface area contributed by atoms with Crippen LogP contribution in [-0.4, -0.2) is 80.6 Å². The number of aromatic nitrogens is 1. The molecule has 21 heavy (non-hydrogen) atoms. The number of amides is 1. The van der Waals surface area contributed by atoms with Gasteiger partial charge in [-0.25, -0.2) is 4.98 Å². The number of anilines is 1. The fraction of sp³-hybridized carbons (Fsp3) is 0.600. The van der Waals surface area contributed by atoms with Crippen LogP contribution >= 0.6 is 0 Å². The van der Waals surface area contributed by atoms with Crippen LogP contribution in [0.1, 0.15) is 0 Å². The molecule has 116 valence electrons. The lowest BCUT2D eigenvalue weighted by molar-refractivity contribution is -0.130. The van der Waals surface area contributed by atoms with Crippen molar-refractivity contribution in [3.8, 4) is 0 Å². The van der Waals surface area contributed by atoms with Crippen LogP contribution in [0.15, 0.2) is 24.4 Å². The molecule has 0 aliphatic carbocycles. The van der Waals surface area contributed by atoms with Gasteiger partial charge in [0.25, 0.3) is 0 Å². The Morgan fingerprint density at radius 1 is 1.29 bits per heavy atom. The molecule has 0 saturated carbocycles. The Hall–Kier alpha value is -1.66. The number of piperazine rings is 1. The zero-order valence-electron chi connectivity index (χ0n) is 13.0. The van der Waals surface area contributed by atoms with E-state index in [1.54, 1.807) is 0 Å². The number of carbonyl (C=O) groups is 1. The van der Waals surface area contributed by atoms with Crippen molar-refractivity contribution in [1.82, 2.24) is 20.1 Å². The molecule has 2 rings (SSSR count). The third-order valence-electron chi connectivity index (χ3n) is 3.62. The molecule has 1 fully saturated rings. The van der Waals surface area contributed by atoms with Gasteiger partial charge in [-0.2, -0.15) is 0 Å². The average Bonchev–Trinajstić information content (AvgIpc) is 2.52. The van der Waals surface area contributed by atoms with Crippen LogP contribution in [-0.2, 0) is 4.79 Å². The van der Waals surface area contributed by atoms with Crippen molar-refractivity contribution in [1.29, 1.82) is 0 Å². The molecule has 0 bridgehead atoms. The van der Waals surface area contributed by atoms with Gasteiger partial charge in [0.2, 0.25) is 5.91 Å². The minimum atomic E-state index is 0.189. The van der Waals surface area contributed by atoms with Gasteiger partial charge in [-0.05, 0) is 26.2 Å². The van der Waals surface area contributed by atoms with Crippen molar-refractivity contribution >= 4 is 11.7 Å². The van der Waals surface area contributed by atoms with E-state index in [0.29, 0.717) is 6.54 Å². The molecule has 1 aliphatic rings. The molecule has 6 nitrogen and oxygen atoms in total. The predicted molar refractivity (Wildman–Crippen MR) is 84.5 cm³/mol. The van der Waals surface area contributed by atoms with Crippen LogP contribution in [0.25, 0.3) is 0 Å². The summed E-state index contributed by atoms with van der Waals surface area (Å²) in [4.78, 5) is 22.7. The van der Waals surface area contributed by atoms with E-state index < -0.39 is 0 Å². The van der Waals surface area contributed by atoms with Gasteiger partial charge >= 0.3 is 0 Å². The molecule has 0 atom stereocenters. The first kappa shape index (κ1) is 15.7. The van der Waals surface area contributed by atoms with Gasteiger partial charge in [-0.3, -0.25) is 4.79 Å². The maximum atomic E-state index is 12.1. The fourth-order valence-corrected chi connectivity index (χ4v) is 2.34. The zero-order chi connectivity index (χ0) is 15.1. The van der Waals surface area contributed by atoms with E-state index in [1.807, 2.05) is 43.4 Å². The van der Waals surface area contributed by atoms with Crippen LogP contribution in [0.5, 0.6) is 0 Å². The Morgan fingerprint density at radius 2 is 2.05 bits per heavy atom. The second-order valence-corrected chi connectivity index (χ2v) is 5.54. The summed E-state index contributed by atoms with van der Waals surface area (Å²) in [6, 6.07) is 5.93. The Bertz CT molecular complexity index is 429. The number of hydrogen-bond acceptors (Lipinski definition) is 5. The summed E-state index contributed by atoms with van der Waals surface area (Å²) in [5, 5.41) is 3.20. The van der Waals surface area contributed by atoms with Gasteiger partial charge in [-0.1, -0.05) is 6.07 Å². The monoisotopic (exact) mass is 291 g/mol. The maximum Gasteiger partial charge on any atom is 0.236 e. The lowest BCUT2D eigenvalue weighted by Crippen LogP contribution is -2.51. The van der Waals surface area contributed by atoms with Crippen molar-refractivity contribution in [3.05, 3.63) is 24.4 Å². The number of carbonyl (C=O) groups excluding carboxylic acids is 1. The van der Waals surface area contributed by atoms with Crippen LogP contribution in [0.4, 0.5) is 5.82 Å². The van der Waals surface area contributed by atoms with Crippen LogP contribution in [0.3, 0.4) is 0 Å². The number of hydrogen-bond donors (Lipinski definition) is 1. The fourth-order valence-electron chi connectivity index (χ4n) is 2.34. The first-order valence-electron chi connectivity index (χ1n) is 7.46. The quantitative estimate of drug-likeness (QED) is 0.741. The largest absolute Gasteiger partial charge is 0.353 e. The second kappa shape index (κ2) is 7.95. The third kappa shape index (κ3) is 4.99. The molecular weight excluding hydrogens is 266 g/mol. The van der Waals surface area contributed by atoms with Crippen molar-refractivity contribution in [3.63, 3.8) is 0 Å². The van der Waals surface area contributed by atoms with E-state index >= 15 is 0 Å². The third-order valence-corrected chi connectivity index (χ3v) is 3.62. The van der Waals surface area contributed by atoms with Gasteiger partial charge in [0, 0.05) is 45.5 Å². The molecule has 0 aromatic carbocycles. The number of rotatable bonds is 6. The standard InChI is InChI=1S/C15H25N5O/c1-18(2)8-7-16-13-15(21)20-11-9-19(10-12-20)14-5-3-4-6-17-14/h3-6,16H,7-13H2,1-2H3. The minimum Gasteiger partial charge on any atom is -0.353 e. The molecule has 0 spiro atoms. The Kier molecular flexibility index (Phi) is 5.95. The van der Waals surface area contributed by atoms with Gasteiger partial charge in [0.1, 0.15) is 5.82 Å². The highest BCUT2D eigenvalue weighted by Crippen LogP contribution is 2.12. The van der Waals surface area contributed by atoms with Crippen molar-refractivity contribution < 1.29 is 4.79 Å². The topological polar surface area (TPSA) is 51.7 Å². The summed E-state index contributed by atoms with van der Waals surface area (Å²) in [6.45, 7) is 5.45. The summed E-state index contributed by atoms with van der Waals surface area (Å²) < 4.78 is 0.